The van der Waals surface area contributed by atoms with Crippen LogP contribution in [-0.4, -0.2) is 13.9 Å². The Hall–Kier alpha value is -1.54. The topological polar surface area (TPSA) is 4.93 Å². The number of nitrogens with zero attached hydrogens (tertiary/aromatic N) is 1. The van der Waals surface area contributed by atoms with Gasteiger partial charge in [0.25, 0.3) is 0 Å². The highest BCUT2D eigenvalue weighted by atomic mass is 28.2. The van der Waals surface area contributed by atoms with Crippen molar-refractivity contribution in [3.05, 3.63) is 48.5 Å². The van der Waals surface area contributed by atoms with Gasteiger partial charge in [-0.25, -0.2) is 0 Å². The van der Waals surface area contributed by atoms with Crippen molar-refractivity contribution in [3.63, 3.8) is 0 Å². The normalized spacial score (nSPS) is 13.2. The van der Waals surface area contributed by atoms with Gasteiger partial charge >= 0.3 is 0 Å². The summed E-state index contributed by atoms with van der Waals surface area (Å²) >= 11 is 0. The third-order valence-corrected chi connectivity index (χ3v) is 6.86. The van der Waals surface area contributed by atoms with Crippen molar-refractivity contribution in [2.75, 3.05) is 0 Å². The van der Waals surface area contributed by atoms with Crippen molar-refractivity contribution in [1.82, 2.24) is 4.23 Å². The van der Waals surface area contributed by atoms with Crippen LogP contribution in [0.2, 0.25) is 5.04 Å². The maximum Gasteiger partial charge on any atom is 0.194 e. The van der Waals surface area contributed by atoms with Gasteiger partial charge in [-0.15, -0.1) is 0 Å². The lowest BCUT2D eigenvalue weighted by atomic mass is 9.82. The number of rotatable bonds is 2. The van der Waals surface area contributed by atoms with Crippen LogP contribution >= 0.6 is 0 Å². The van der Waals surface area contributed by atoms with E-state index in [1.165, 1.54) is 21.8 Å². The minimum Gasteiger partial charge on any atom is -0.368 e. The standard InChI is InChI=1S/C19H23NSi/c1-18(2,3)19(4,5)21-20-16-12-8-6-10-14(16)15-11-7-9-13-17(15)20/h6-13H,1-5H3. The van der Waals surface area contributed by atoms with E-state index in [4.69, 9.17) is 0 Å². The summed E-state index contributed by atoms with van der Waals surface area (Å²) in [6.07, 6.45) is 0. The average Bonchev–Trinajstić information content (AvgIpc) is 2.73. The molecule has 0 saturated carbocycles. The molecule has 0 N–H and O–H groups in total. The quantitative estimate of drug-likeness (QED) is 0.549. The largest absolute Gasteiger partial charge is 0.368 e. The molecule has 0 atom stereocenters. The Morgan fingerprint density at radius 2 is 1.14 bits per heavy atom. The Balaban J connectivity index is 2.26. The summed E-state index contributed by atoms with van der Waals surface area (Å²) in [7, 11) is 0.731. The fraction of sp³-hybridized carbons (Fsp3) is 0.368. The van der Waals surface area contributed by atoms with Crippen LogP contribution in [-0.2, 0) is 0 Å². The minimum absolute atomic E-state index is 0.248. The van der Waals surface area contributed by atoms with Crippen molar-refractivity contribution in [1.29, 1.82) is 0 Å². The number of hydrogen-bond acceptors (Lipinski definition) is 0. The molecule has 2 heteroatoms. The summed E-state index contributed by atoms with van der Waals surface area (Å²) in [5, 5.41) is 2.98. The molecule has 21 heavy (non-hydrogen) atoms. The van der Waals surface area contributed by atoms with Gasteiger partial charge in [0.2, 0.25) is 0 Å². The van der Waals surface area contributed by atoms with Gasteiger partial charge in [0, 0.05) is 21.8 Å². The molecular formula is C19H23NSi. The predicted octanol–water partition coefficient (Wildman–Crippen LogP) is 5.51. The number of para-hydroxylation sites is 2. The van der Waals surface area contributed by atoms with E-state index in [0.717, 1.165) is 9.68 Å². The fourth-order valence-corrected chi connectivity index (χ4v) is 4.02. The van der Waals surface area contributed by atoms with Crippen molar-refractivity contribution in [3.8, 4) is 0 Å². The van der Waals surface area contributed by atoms with Crippen molar-refractivity contribution in [2.24, 2.45) is 5.41 Å². The second-order valence-electron chi connectivity index (χ2n) is 7.36. The van der Waals surface area contributed by atoms with Crippen LogP contribution in [0.4, 0.5) is 0 Å². The molecule has 1 aromatic heterocycles. The Morgan fingerprint density at radius 1 is 0.714 bits per heavy atom. The monoisotopic (exact) mass is 293 g/mol. The number of benzene rings is 2. The van der Waals surface area contributed by atoms with Crippen LogP contribution in [0.1, 0.15) is 34.6 Å². The van der Waals surface area contributed by atoms with Crippen LogP contribution in [0.15, 0.2) is 48.5 Å². The minimum atomic E-state index is 0.248. The van der Waals surface area contributed by atoms with Crippen LogP contribution in [0.25, 0.3) is 21.8 Å². The van der Waals surface area contributed by atoms with E-state index >= 15 is 0 Å². The first-order valence-electron chi connectivity index (χ1n) is 7.58. The van der Waals surface area contributed by atoms with Crippen LogP contribution in [0, 0.1) is 5.41 Å². The molecule has 0 unspecified atom stereocenters. The van der Waals surface area contributed by atoms with Crippen molar-refractivity contribution < 1.29 is 0 Å². The van der Waals surface area contributed by atoms with Crippen molar-refractivity contribution >= 4 is 31.5 Å². The molecular weight excluding hydrogens is 270 g/mol. The summed E-state index contributed by atoms with van der Waals surface area (Å²) in [5.74, 6) is 0. The summed E-state index contributed by atoms with van der Waals surface area (Å²) in [6, 6.07) is 17.5. The molecule has 0 aliphatic carbocycles. The summed E-state index contributed by atoms with van der Waals surface area (Å²) in [5.41, 5.74) is 2.99. The summed E-state index contributed by atoms with van der Waals surface area (Å²) in [4.78, 5) is 0. The highest BCUT2D eigenvalue weighted by molar-refractivity contribution is 6.43. The molecule has 0 saturated heterocycles. The first-order chi connectivity index (χ1) is 9.81. The molecule has 1 nitrogen and oxygen atoms in total. The molecule has 2 radical (unpaired) electrons. The van der Waals surface area contributed by atoms with Gasteiger partial charge < -0.3 is 4.23 Å². The number of fused-ring (bicyclic) bond motifs is 3. The summed E-state index contributed by atoms with van der Waals surface area (Å²) in [6.45, 7) is 11.8. The molecule has 2 aromatic carbocycles. The number of aromatic nitrogens is 1. The van der Waals surface area contributed by atoms with Gasteiger partial charge in [-0.2, -0.15) is 0 Å². The van der Waals surface area contributed by atoms with E-state index in [0.29, 0.717) is 0 Å². The zero-order valence-electron chi connectivity index (χ0n) is 13.6. The second kappa shape index (κ2) is 4.74. The van der Waals surface area contributed by atoms with Crippen molar-refractivity contribution in [2.45, 2.75) is 39.7 Å². The molecule has 0 fully saturated rings. The zero-order chi connectivity index (χ0) is 15.3. The first kappa shape index (κ1) is 14.4. The maximum absolute atomic E-state index is 2.52. The Morgan fingerprint density at radius 3 is 1.57 bits per heavy atom. The third-order valence-electron chi connectivity index (χ3n) is 4.85. The van der Waals surface area contributed by atoms with E-state index in [1.807, 2.05) is 0 Å². The van der Waals surface area contributed by atoms with Crippen LogP contribution in [0.3, 0.4) is 0 Å². The molecule has 0 spiro atoms. The zero-order valence-corrected chi connectivity index (χ0v) is 14.6. The second-order valence-corrected chi connectivity index (χ2v) is 9.28. The smallest absolute Gasteiger partial charge is 0.194 e. The molecule has 108 valence electrons. The molecule has 0 aliphatic rings. The lowest BCUT2D eigenvalue weighted by Gasteiger charge is -2.38. The average molecular weight is 293 g/mol. The van der Waals surface area contributed by atoms with E-state index in [9.17, 15) is 0 Å². The molecule has 0 amide bonds. The Labute approximate surface area is 129 Å². The van der Waals surface area contributed by atoms with Gasteiger partial charge in [0.1, 0.15) is 0 Å². The Kier molecular flexibility index (Phi) is 3.25. The SMILES string of the molecule is CC(C)(C)C(C)(C)[Si]n1c2ccccc2c2ccccc21. The van der Waals surface area contributed by atoms with Crippen LogP contribution < -0.4 is 0 Å². The molecule has 0 bridgehead atoms. The molecule has 0 aliphatic heterocycles. The van der Waals surface area contributed by atoms with Crippen LogP contribution in [0.5, 0.6) is 0 Å². The van der Waals surface area contributed by atoms with Gasteiger partial charge in [-0.1, -0.05) is 71.0 Å². The lowest BCUT2D eigenvalue weighted by molar-refractivity contribution is 0.297. The number of hydrogen-bond donors (Lipinski definition) is 0. The van der Waals surface area contributed by atoms with E-state index in [-0.39, 0.29) is 10.5 Å². The Bertz CT molecular complexity index is 737. The van der Waals surface area contributed by atoms with Gasteiger partial charge in [0.05, 0.1) is 0 Å². The van der Waals surface area contributed by atoms with Gasteiger partial charge in [-0.3, -0.25) is 0 Å². The fourth-order valence-electron chi connectivity index (χ4n) is 2.49. The first-order valence-corrected chi connectivity index (χ1v) is 8.52. The maximum atomic E-state index is 2.52. The predicted molar refractivity (Wildman–Crippen MR) is 94.1 cm³/mol. The van der Waals surface area contributed by atoms with E-state index in [2.05, 4.69) is 87.4 Å². The molecule has 1 heterocycles. The van der Waals surface area contributed by atoms with Gasteiger partial charge in [0.15, 0.2) is 9.68 Å². The lowest BCUT2D eigenvalue weighted by Crippen LogP contribution is -2.32. The van der Waals surface area contributed by atoms with E-state index in [1.54, 1.807) is 0 Å². The highest BCUT2D eigenvalue weighted by Gasteiger charge is 2.35. The highest BCUT2D eigenvalue weighted by Crippen LogP contribution is 2.45. The third kappa shape index (κ3) is 2.32. The van der Waals surface area contributed by atoms with E-state index < -0.39 is 0 Å². The molecule has 3 rings (SSSR count). The van der Waals surface area contributed by atoms with Gasteiger partial charge in [-0.05, 0) is 22.6 Å². The summed E-state index contributed by atoms with van der Waals surface area (Å²) < 4.78 is 2.52. The molecule has 3 aromatic rings.